The van der Waals surface area contributed by atoms with Gasteiger partial charge in [-0.05, 0) is 6.07 Å². The standard InChI is InChI=1S/C6H4ClFN2O2/c7-4-1-3(8)2-5(6(4)9)10(11)12/h1-2H,9H2. The molecule has 0 saturated carbocycles. The van der Waals surface area contributed by atoms with Crippen molar-refractivity contribution in [3.8, 4) is 0 Å². The molecule has 0 radical (unpaired) electrons. The van der Waals surface area contributed by atoms with Crippen molar-refractivity contribution in [2.24, 2.45) is 0 Å². The first-order chi connectivity index (χ1) is 5.52. The summed E-state index contributed by atoms with van der Waals surface area (Å²) in [5.41, 5.74) is 4.48. The van der Waals surface area contributed by atoms with Crippen LogP contribution in [0.2, 0.25) is 5.02 Å². The topological polar surface area (TPSA) is 69.2 Å². The molecule has 2 N–H and O–H groups in total. The van der Waals surface area contributed by atoms with Crippen LogP contribution in [-0.4, -0.2) is 4.92 Å². The predicted octanol–water partition coefficient (Wildman–Crippen LogP) is 1.97. The van der Waals surface area contributed by atoms with Crippen molar-refractivity contribution in [3.63, 3.8) is 0 Å². The Kier molecular flexibility index (Phi) is 2.14. The number of nitro groups is 1. The lowest BCUT2D eigenvalue weighted by molar-refractivity contribution is -0.384. The Hall–Kier alpha value is -1.36. The normalized spacial score (nSPS) is 9.83. The maximum absolute atomic E-state index is 12.5. The quantitative estimate of drug-likeness (QED) is 0.418. The van der Waals surface area contributed by atoms with Gasteiger partial charge in [-0.3, -0.25) is 10.1 Å². The number of hydrogen-bond acceptors (Lipinski definition) is 3. The van der Waals surface area contributed by atoms with Crippen LogP contribution in [0.5, 0.6) is 0 Å². The summed E-state index contributed by atoms with van der Waals surface area (Å²) in [4.78, 5) is 9.44. The Bertz CT molecular complexity index is 343. The summed E-state index contributed by atoms with van der Waals surface area (Å²) < 4.78 is 12.5. The van der Waals surface area contributed by atoms with Crippen molar-refractivity contribution in [1.29, 1.82) is 0 Å². The molecule has 0 spiro atoms. The number of nitrogens with two attached hydrogens (primary N) is 1. The number of hydrogen-bond donors (Lipinski definition) is 1. The SMILES string of the molecule is Nc1c(Cl)cc(F)cc1[N+](=O)[O-]. The van der Waals surface area contributed by atoms with Gasteiger partial charge in [0.15, 0.2) is 0 Å². The van der Waals surface area contributed by atoms with Gasteiger partial charge in [-0.1, -0.05) is 11.6 Å². The molecule has 0 heterocycles. The van der Waals surface area contributed by atoms with Gasteiger partial charge in [-0.25, -0.2) is 4.39 Å². The molecule has 0 saturated heterocycles. The number of nitrogen functional groups attached to an aromatic ring is 1. The molecule has 0 bridgehead atoms. The van der Waals surface area contributed by atoms with Gasteiger partial charge in [0.05, 0.1) is 16.0 Å². The van der Waals surface area contributed by atoms with Crippen LogP contribution in [0, 0.1) is 15.9 Å². The van der Waals surface area contributed by atoms with Crippen molar-refractivity contribution >= 4 is 23.0 Å². The largest absolute Gasteiger partial charge is 0.392 e. The summed E-state index contributed by atoms with van der Waals surface area (Å²) in [6.07, 6.45) is 0. The summed E-state index contributed by atoms with van der Waals surface area (Å²) >= 11 is 5.39. The number of benzene rings is 1. The van der Waals surface area contributed by atoms with Crippen LogP contribution in [-0.2, 0) is 0 Å². The van der Waals surface area contributed by atoms with E-state index in [1.54, 1.807) is 0 Å². The molecule has 0 aromatic heterocycles. The predicted molar refractivity (Wildman–Crippen MR) is 42.5 cm³/mol. The van der Waals surface area contributed by atoms with Crippen LogP contribution >= 0.6 is 11.6 Å². The summed E-state index contributed by atoms with van der Waals surface area (Å²) in [6.45, 7) is 0. The molecule has 64 valence electrons. The minimum atomic E-state index is -0.787. The monoisotopic (exact) mass is 190 g/mol. The van der Waals surface area contributed by atoms with E-state index in [1.807, 2.05) is 0 Å². The molecule has 0 unspecified atom stereocenters. The van der Waals surface area contributed by atoms with Gasteiger partial charge in [0.2, 0.25) is 0 Å². The number of halogens is 2. The van der Waals surface area contributed by atoms with Gasteiger partial charge in [0, 0.05) is 0 Å². The van der Waals surface area contributed by atoms with E-state index in [1.165, 1.54) is 0 Å². The molecule has 0 aliphatic carbocycles. The third-order valence-corrected chi connectivity index (χ3v) is 1.58. The molecule has 0 aliphatic rings. The summed E-state index contributed by atoms with van der Waals surface area (Å²) in [6, 6.07) is 1.64. The molecule has 1 aromatic rings. The van der Waals surface area contributed by atoms with E-state index < -0.39 is 16.4 Å². The first-order valence-electron chi connectivity index (χ1n) is 2.91. The minimum Gasteiger partial charge on any atom is -0.392 e. The highest BCUT2D eigenvalue weighted by molar-refractivity contribution is 6.33. The van der Waals surface area contributed by atoms with Gasteiger partial charge < -0.3 is 5.73 Å². The Labute approximate surface area is 71.9 Å². The van der Waals surface area contributed by atoms with Crippen molar-refractivity contribution in [2.45, 2.75) is 0 Å². The highest BCUT2D eigenvalue weighted by Crippen LogP contribution is 2.29. The molecular weight excluding hydrogens is 187 g/mol. The molecule has 0 fully saturated rings. The zero-order valence-electron chi connectivity index (χ0n) is 5.75. The molecule has 1 aromatic carbocycles. The fourth-order valence-electron chi connectivity index (χ4n) is 0.722. The van der Waals surface area contributed by atoms with Crippen molar-refractivity contribution in [3.05, 3.63) is 33.1 Å². The van der Waals surface area contributed by atoms with Crippen LogP contribution in [0.3, 0.4) is 0 Å². The fraction of sp³-hybridized carbons (Fsp3) is 0. The van der Waals surface area contributed by atoms with Crippen LogP contribution in [0.15, 0.2) is 12.1 Å². The Balaban J connectivity index is 3.37. The Morgan fingerprint density at radius 2 is 2.17 bits per heavy atom. The Morgan fingerprint density at radius 3 is 2.67 bits per heavy atom. The lowest BCUT2D eigenvalue weighted by Crippen LogP contribution is -1.97. The molecule has 1 rings (SSSR count). The molecule has 6 heteroatoms. The van der Waals surface area contributed by atoms with E-state index in [-0.39, 0.29) is 10.7 Å². The van der Waals surface area contributed by atoms with Crippen molar-refractivity contribution < 1.29 is 9.31 Å². The van der Waals surface area contributed by atoms with Crippen molar-refractivity contribution in [2.75, 3.05) is 5.73 Å². The lowest BCUT2D eigenvalue weighted by atomic mass is 10.2. The summed E-state index contributed by atoms with van der Waals surface area (Å²) in [5.74, 6) is -0.777. The molecule has 0 aliphatic heterocycles. The number of nitrogens with zero attached hydrogens (tertiary/aromatic N) is 1. The Morgan fingerprint density at radius 1 is 1.58 bits per heavy atom. The third kappa shape index (κ3) is 1.45. The van der Waals surface area contributed by atoms with E-state index in [4.69, 9.17) is 17.3 Å². The van der Waals surface area contributed by atoms with E-state index in [2.05, 4.69) is 0 Å². The van der Waals surface area contributed by atoms with Crippen LogP contribution in [0.1, 0.15) is 0 Å². The first kappa shape index (κ1) is 8.73. The van der Waals surface area contributed by atoms with Crippen molar-refractivity contribution in [1.82, 2.24) is 0 Å². The van der Waals surface area contributed by atoms with Crippen LogP contribution in [0.4, 0.5) is 15.8 Å². The molecule has 0 amide bonds. The molecule has 4 nitrogen and oxygen atoms in total. The fourth-order valence-corrected chi connectivity index (χ4v) is 0.923. The molecule has 0 atom stereocenters. The number of anilines is 1. The van der Waals surface area contributed by atoms with Gasteiger partial charge in [0.25, 0.3) is 5.69 Å². The van der Waals surface area contributed by atoms with Gasteiger partial charge >= 0.3 is 0 Å². The van der Waals surface area contributed by atoms with E-state index in [9.17, 15) is 14.5 Å². The lowest BCUT2D eigenvalue weighted by Gasteiger charge is -1.98. The smallest absolute Gasteiger partial charge is 0.296 e. The number of rotatable bonds is 1. The van der Waals surface area contributed by atoms with E-state index in [0.717, 1.165) is 12.1 Å². The summed E-state index contributed by atoms with van der Waals surface area (Å²) in [5, 5.41) is 10.1. The minimum absolute atomic E-state index is 0.151. The average Bonchev–Trinajstić information content (AvgIpc) is 1.96. The third-order valence-electron chi connectivity index (χ3n) is 1.27. The highest BCUT2D eigenvalue weighted by atomic mass is 35.5. The van der Waals surface area contributed by atoms with Gasteiger partial charge in [-0.2, -0.15) is 0 Å². The second-order valence-corrected chi connectivity index (χ2v) is 2.48. The second-order valence-electron chi connectivity index (χ2n) is 2.08. The summed E-state index contributed by atoms with van der Waals surface area (Å²) in [7, 11) is 0. The highest BCUT2D eigenvalue weighted by Gasteiger charge is 2.15. The molecule has 12 heavy (non-hydrogen) atoms. The van der Waals surface area contributed by atoms with E-state index in [0.29, 0.717) is 0 Å². The van der Waals surface area contributed by atoms with Gasteiger partial charge in [0.1, 0.15) is 11.5 Å². The van der Waals surface area contributed by atoms with Crippen LogP contribution in [0.25, 0.3) is 0 Å². The van der Waals surface area contributed by atoms with E-state index >= 15 is 0 Å². The first-order valence-corrected chi connectivity index (χ1v) is 3.29. The second kappa shape index (κ2) is 2.94. The molecular formula is C6H4ClFN2O2. The average molecular weight is 191 g/mol. The maximum atomic E-state index is 12.5. The van der Waals surface area contributed by atoms with Crippen LogP contribution < -0.4 is 5.73 Å². The maximum Gasteiger partial charge on any atom is 0.296 e. The zero-order chi connectivity index (χ0) is 9.30. The zero-order valence-corrected chi connectivity index (χ0v) is 6.51. The van der Waals surface area contributed by atoms with Gasteiger partial charge in [-0.15, -0.1) is 0 Å². The number of nitro benzene ring substituents is 1.